The SMILES string of the molecule is CCCN(CCC)CC(CCC(=O)N1CCOCC1)OC(=O)c1ccccc1.Cl. The minimum atomic E-state index is -0.322. The van der Waals surface area contributed by atoms with Gasteiger partial charge in [0.1, 0.15) is 6.10 Å². The predicted octanol–water partition coefficient (Wildman–Crippen LogP) is 3.39. The molecule has 1 atom stereocenters. The van der Waals surface area contributed by atoms with Gasteiger partial charge in [-0.05, 0) is 44.5 Å². The van der Waals surface area contributed by atoms with Gasteiger partial charge in [0.15, 0.2) is 0 Å². The first kappa shape index (κ1) is 25.4. The van der Waals surface area contributed by atoms with Crippen molar-refractivity contribution < 1.29 is 19.1 Å². The molecule has 0 saturated carbocycles. The maximum absolute atomic E-state index is 12.5. The van der Waals surface area contributed by atoms with Crippen molar-refractivity contribution in [2.45, 2.75) is 45.6 Å². The Labute approximate surface area is 180 Å². The van der Waals surface area contributed by atoms with E-state index in [0.29, 0.717) is 51.3 Å². The van der Waals surface area contributed by atoms with Crippen LogP contribution in [0.1, 0.15) is 49.9 Å². The van der Waals surface area contributed by atoms with Crippen LogP contribution in [0.25, 0.3) is 0 Å². The zero-order valence-corrected chi connectivity index (χ0v) is 18.5. The molecule has 29 heavy (non-hydrogen) atoms. The van der Waals surface area contributed by atoms with Crippen LogP contribution in [0.2, 0.25) is 0 Å². The van der Waals surface area contributed by atoms with Gasteiger partial charge < -0.3 is 14.4 Å². The van der Waals surface area contributed by atoms with Crippen molar-refractivity contribution in [2.24, 2.45) is 0 Å². The first-order valence-corrected chi connectivity index (χ1v) is 10.5. The van der Waals surface area contributed by atoms with Gasteiger partial charge in [0.25, 0.3) is 0 Å². The minimum Gasteiger partial charge on any atom is -0.457 e. The zero-order valence-electron chi connectivity index (χ0n) is 17.7. The third-order valence-corrected chi connectivity index (χ3v) is 4.87. The molecule has 1 aromatic carbocycles. The molecule has 1 heterocycles. The summed E-state index contributed by atoms with van der Waals surface area (Å²) < 4.78 is 11.1. The third kappa shape index (κ3) is 9.15. The van der Waals surface area contributed by atoms with E-state index in [2.05, 4.69) is 18.7 Å². The van der Waals surface area contributed by atoms with Crippen LogP contribution >= 0.6 is 12.4 Å². The highest BCUT2D eigenvalue weighted by atomic mass is 35.5. The van der Waals surface area contributed by atoms with Crippen molar-refractivity contribution in [1.82, 2.24) is 9.80 Å². The number of halogens is 1. The van der Waals surface area contributed by atoms with Crippen LogP contribution in [0.15, 0.2) is 30.3 Å². The van der Waals surface area contributed by atoms with Gasteiger partial charge in [0, 0.05) is 26.1 Å². The Hall–Kier alpha value is -1.63. The maximum atomic E-state index is 12.5. The van der Waals surface area contributed by atoms with E-state index in [1.165, 1.54) is 0 Å². The number of amides is 1. The molecule has 0 spiro atoms. The van der Waals surface area contributed by atoms with Crippen molar-refractivity contribution in [3.8, 4) is 0 Å². The largest absolute Gasteiger partial charge is 0.457 e. The van der Waals surface area contributed by atoms with Gasteiger partial charge in [-0.25, -0.2) is 4.79 Å². The van der Waals surface area contributed by atoms with Crippen LogP contribution in [-0.2, 0) is 14.3 Å². The number of hydrogen-bond acceptors (Lipinski definition) is 5. The van der Waals surface area contributed by atoms with Gasteiger partial charge >= 0.3 is 5.97 Å². The predicted molar refractivity (Wildman–Crippen MR) is 117 cm³/mol. The molecule has 6 nitrogen and oxygen atoms in total. The summed E-state index contributed by atoms with van der Waals surface area (Å²) in [6, 6.07) is 9.05. The summed E-state index contributed by atoms with van der Waals surface area (Å²) in [5, 5.41) is 0. The van der Waals surface area contributed by atoms with Crippen LogP contribution in [0.4, 0.5) is 0 Å². The van der Waals surface area contributed by atoms with Gasteiger partial charge in [0.05, 0.1) is 18.8 Å². The van der Waals surface area contributed by atoms with Gasteiger partial charge in [-0.3, -0.25) is 9.69 Å². The number of rotatable bonds is 11. The number of morpholine rings is 1. The lowest BCUT2D eigenvalue weighted by Gasteiger charge is -2.29. The molecule has 1 aromatic rings. The molecule has 1 aliphatic rings. The normalized spacial score (nSPS) is 14.9. The fourth-order valence-corrected chi connectivity index (χ4v) is 3.45. The van der Waals surface area contributed by atoms with E-state index < -0.39 is 0 Å². The van der Waals surface area contributed by atoms with E-state index in [0.717, 1.165) is 25.9 Å². The van der Waals surface area contributed by atoms with Crippen molar-refractivity contribution in [2.75, 3.05) is 45.9 Å². The smallest absolute Gasteiger partial charge is 0.338 e. The highest BCUT2D eigenvalue weighted by Crippen LogP contribution is 2.13. The standard InChI is InChI=1S/C22H34N2O4.ClH/c1-3-12-23(13-4-2)18-20(28-22(26)19-8-6-5-7-9-19)10-11-21(25)24-14-16-27-17-15-24;/h5-9,20H,3-4,10-18H2,1-2H3;1H. The van der Waals surface area contributed by atoms with Crippen molar-refractivity contribution in [1.29, 1.82) is 0 Å². The summed E-state index contributed by atoms with van der Waals surface area (Å²) in [5.74, 6) is -0.209. The van der Waals surface area contributed by atoms with Crippen LogP contribution in [0.3, 0.4) is 0 Å². The van der Waals surface area contributed by atoms with E-state index in [-0.39, 0.29) is 30.4 Å². The molecular formula is C22H35ClN2O4. The summed E-state index contributed by atoms with van der Waals surface area (Å²) in [6.07, 6.45) is 2.73. The quantitative estimate of drug-likeness (QED) is 0.507. The van der Waals surface area contributed by atoms with Crippen LogP contribution in [-0.4, -0.2) is 73.7 Å². The van der Waals surface area contributed by atoms with Gasteiger partial charge in [-0.2, -0.15) is 0 Å². The Bertz CT molecular complexity index is 588. The molecule has 164 valence electrons. The number of ether oxygens (including phenoxy) is 2. The van der Waals surface area contributed by atoms with E-state index >= 15 is 0 Å². The molecule has 2 rings (SSSR count). The van der Waals surface area contributed by atoms with Crippen LogP contribution in [0.5, 0.6) is 0 Å². The lowest BCUT2D eigenvalue weighted by Crippen LogP contribution is -2.42. The average molecular weight is 427 g/mol. The number of carbonyl (C=O) groups excluding carboxylic acids is 2. The molecule has 1 unspecified atom stereocenters. The summed E-state index contributed by atoms with van der Waals surface area (Å²) in [4.78, 5) is 29.2. The van der Waals surface area contributed by atoms with E-state index in [1.807, 2.05) is 23.1 Å². The molecule has 1 amide bonds. The molecular weight excluding hydrogens is 392 g/mol. The lowest BCUT2D eigenvalue weighted by molar-refractivity contribution is -0.136. The monoisotopic (exact) mass is 426 g/mol. The molecule has 7 heteroatoms. The molecule has 1 fully saturated rings. The average Bonchev–Trinajstić information content (AvgIpc) is 2.73. The fraction of sp³-hybridized carbons (Fsp3) is 0.636. The molecule has 0 N–H and O–H groups in total. The topological polar surface area (TPSA) is 59.1 Å². The van der Waals surface area contributed by atoms with Crippen molar-refractivity contribution in [3.63, 3.8) is 0 Å². The maximum Gasteiger partial charge on any atom is 0.338 e. The van der Waals surface area contributed by atoms with Crippen molar-refractivity contribution in [3.05, 3.63) is 35.9 Å². The number of hydrogen-bond donors (Lipinski definition) is 0. The molecule has 0 aromatic heterocycles. The lowest BCUT2D eigenvalue weighted by atomic mass is 10.1. The highest BCUT2D eigenvalue weighted by Gasteiger charge is 2.23. The Kier molecular flexibility index (Phi) is 12.6. The zero-order chi connectivity index (χ0) is 20.2. The number of esters is 1. The van der Waals surface area contributed by atoms with Crippen molar-refractivity contribution >= 4 is 24.3 Å². The second kappa shape index (κ2) is 14.4. The van der Waals surface area contributed by atoms with E-state index in [9.17, 15) is 9.59 Å². The number of carbonyl (C=O) groups is 2. The molecule has 0 radical (unpaired) electrons. The molecule has 1 saturated heterocycles. The second-order valence-corrected chi connectivity index (χ2v) is 7.23. The summed E-state index contributed by atoms with van der Waals surface area (Å²) in [5.41, 5.74) is 0.546. The number of nitrogens with zero attached hydrogens (tertiary/aromatic N) is 2. The summed E-state index contributed by atoms with van der Waals surface area (Å²) in [6.45, 7) is 9.37. The highest BCUT2D eigenvalue weighted by molar-refractivity contribution is 5.89. The van der Waals surface area contributed by atoms with Crippen LogP contribution < -0.4 is 0 Å². The number of benzene rings is 1. The van der Waals surface area contributed by atoms with Crippen LogP contribution in [0, 0.1) is 0 Å². The first-order valence-electron chi connectivity index (χ1n) is 10.5. The van der Waals surface area contributed by atoms with E-state index in [4.69, 9.17) is 9.47 Å². The summed E-state index contributed by atoms with van der Waals surface area (Å²) in [7, 11) is 0. The van der Waals surface area contributed by atoms with Gasteiger partial charge in [0.2, 0.25) is 5.91 Å². The third-order valence-electron chi connectivity index (χ3n) is 4.87. The van der Waals surface area contributed by atoms with E-state index in [1.54, 1.807) is 12.1 Å². The molecule has 1 aliphatic heterocycles. The molecule has 0 bridgehead atoms. The Morgan fingerprint density at radius 3 is 2.31 bits per heavy atom. The first-order chi connectivity index (χ1) is 13.6. The fourth-order valence-electron chi connectivity index (χ4n) is 3.45. The minimum absolute atomic E-state index is 0. The van der Waals surface area contributed by atoms with Gasteiger partial charge in [-0.15, -0.1) is 12.4 Å². The Balaban J connectivity index is 0.00000420. The van der Waals surface area contributed by atoms with Gasteiger partial charge in [-0.1, -0.05) is 32.0 Å². The summed E-state index contributed by atoms with van der Waals surface area (Å²) >= 11 is 0. The Morgan fingerprint density at radius 2 is 1.72 bits per heavy atom. The second-order valence-electron chi connectivity index (χ2n) is 7.23. The Morgan fingerprint density at radius 1 is 1.10 bits per heavy atom. The molecule has 0 aliphatic carbocycles.